The van der Waals surface area contributed by atoms with E-state index in [0.717, 1.165) is 0 Å². The van der Waals surface area contributed by atoms with Crippen molar-refractivity contribution in [3.05, 3.63) is 21.3 Å². The number of halogens is 1. The fourth-order valence-corrected chi connectivity index (χ4v) is 4.04. The first-order valence-corrected chi connectivity index (χ1v) is 9.50. The van der Waals surface area contributed by atoms with Crippen LogP contribution in [0.3, 0.4) is 0 Å². The van der Waals surface area contributed by atoms with Crippen molar-refractivity contribution in [1.82, 2.24) is 14.9 Å². The second kappa shape index (κ2) is 6.62. The monoisotopic (exact) mass is 351 g/mol. The lowest BCUT2D eigenvalue weighted by molar-refractivity contribution is 0.0949. The van der Waals surface area contributed by atoms with E-state index >= 15 is 0 Å². The summed E-state index contributed by atoms with van der Waals surface area (Å²) in [5, 5.41) is 6.01. The van der Waals surface area contributed by atoms with E-state index in [2.05, 4.69) is 10.6 Å². The molecule has 0 spiro atoms. The zero-order valence-electron chi connectivity index (χ0n) is 11.8. The van der Waals surface area contributed by atoms with Crippen molar-refractivity contribution in [2.75, 3.05) is 32.9 Å². The van der Waals surface area contributed by atoms with Gasteiger partial charge in [-0.1, -0.05) is 11.6 Å². The highest BCUT2D eigenvalue weighted by Gasteiger charge is 2.34. The second-order valence-electron chi connectivity index (χ2n) is 5.08. The summed E-state index contributed by atoms with van der Waals surface area (Å²) in [6.07, 6.45) is 1.19. The highest BCUT2D eigenvalue weighted by Crippen LogP contribution is 2.21. The molecule has 2 rings (SSSR count). The van der Waals surface area contributed by atoms with Crippen molar-refractivity contribution in [3.8, 4) is 0 Å². The Bertz CT molecular complexity index is 617. The van der Waals surface area contributed by atoms with Gasteiger partial charge in [-0.05, 0) is 12.1 Å². The van der Waals surface area contributed by atoms with Crippen LogP contribution in [-0.2, 0) is 10.0 Å². The van der Waals surface area contributed by atoms with Crippen LogP contribution in [0.1, 0.15) is 9.67 Å². The fourth-order valence-electron chi connectivity index (χ4n) is 2.35. The SMILES string of the molecule is CN(C1CNC[C@@H]1CNC(=O)c1ccc(Cl)s1)S(C)(=O)=O. The Hall–Kier alpha value is -0.670. The first-order valence-electron chi connectivity index (χ1n) is 6.46. The molecule has 1 amide bonds. The summed E-state index contributed by atoms with van der Waals surface area (Å²) in [5.41, 5.74) is 0. The zero-order valence-corrected chi connectivity index (χ0v) is 14.2. The van der Waals surface area contributed by atoms with Crippen molar-refractivity contribution in [3.63, 3.8) is 0 Å². The molecule has 2 heterocycles. The van der Waals surface area contributed by atoms with Crippen LogP contribution in [0.5, 0.6) is 0 Å². The second-order valence-corrected chi connectivity index (χ2v) is 8.84. The molecule has 1 unspecified atom stereocenters. The summed E-state index contributed by atoms with van der Waals surface area (Å²) in [6, 6.07) is 3.21. The van der Waals surface area contributed by atoms with Gasteiger partial charge in [0.1, 0.15) is 0 Å². The molecule has 1 aromatic rings. The van der Waals surface area contributed by atoms with E-state index in [1.54, 1.807) is 19.2 Å². The van der Waals surface area contributed by atoms with Gasteiger partial charge in [-0.25, -0.2) is 12.7 Å². The van der Waals surface area contributed by atoms with Crippen LogP contribution in [0.4, 0.5) is 0 Å². The molecule has 1 saturated heterocycles. The molecule has 21 heavy (non-hydrogen) atoms. The summed E-state index contributed by atoms with van der Waals surface area (Å²) in [5.74, 6) is -0.135. The predicted molar refractivity (Wildman–Crippen MR) is 84.4 cm³/mol. The highest BCUT2D eigenvalue weighted by atomic mass is 35.5. The van der Waals surface area contributed by atoms with Gasteiger partial charge in [-0.15, -0.1) is 11.3 Å². The van der Waals surface area contributed by atoms with Gasteiger partial charge in [-0.2, -0.15) is 0 Å². The van der Waals surface area contributed by atoms with Crippen LogP contribution in [0.25, 0.3) is 0 Å². The molecule has 0 radical (unpaired) electrons. The molecule has 1 aliphatic heterocycles. The Morgan fingerprint density at radius 3 is 2.81 bits per heavy atom. The molecule has 6 nitrogen and oxygen atoms in total. The zero-order chi connectivity index (χ0) is 15.6. The Balaban J connectivity index is 1.94. The molecule has 118 valence electrons. The summed E-state index contributed by atoms with van der Waals surface area (Å²) in [4.78, 5) is 12.5. The first kappa shape index (κ1) is 16.7. The highest BCUT2D eigenvalue weighted by molar-refractivity contribution is 7.88. The van der Waals surface area contributed by atoms with E-state index in [1.807, 2.05) is 0 Å². The van der Waals surface area contributed by atoms with Gasteiger partial charge in [-0.3, -0.25) is 4.79 Å². The average Bonchev–Trinajstić information content (AvgIpc) is 3.02. The molecule has 2 atom stereocenters. The number of carbonyl (C=O) groups excluding carboxylic acids is 1. The van der Waals surface area contributed by atoms with E-state index < -0.39 is 10.0 Å². The lowest BCUT2D eigenvalue weighted by Gasteiger charge is -2.26. The summed E-state index contributed by atoms with van der Waals surface area (Å²) in [7, 11) is -1.67. The molecular formula is C12H18ClN3O3S2. The van der Waals surface area contributed by atoms with Gasteiger partial charge >= 0.3 is 0 Å². The number of carbonyl (C=O) groups is 1. The van der Waals surface area contributed by atoms with Crippen LogP contribution < -0.4 is 10.6 Å². The third kappa shape index (κ3) is 4.17. The normalized spacial score (nSPS) is 22.7. The molecule has 2 N–H and O–H groups in total. The quantitative estimate of drug-likeness (QED) is 0.814. The number of nitrogens with zero attached hydrogens (tertiary/aromatic N) is 1. The summed E-state index contributed by atoms with van der Waals surface area (Å²) in [6.45, 7) is 1.69. The topological polar surface area (TPSA) is 78.5 Å². The van der Waals surface area contributed by atoms with Gasteiger partial charge in [0, 0.05) is 38.6 Å². The summed E-state index contributed by atoms with van der Waals surface area (Å²) < 4.78 is 25.2. The Morgan fingerprint density at radius 2 is 2.24 bits per heavy atom. The van der Waals surface area contributed by atoms with E-state index in [4.69, 9.17) is 11.6 Å². The number of likely N-dealkylation sites (N-methyl/N-ethyl adjacent to an activating group) is 1. The minimum atomic E-state index is -3.24. The van der Waals surface area contributed by atoms with Crippen LogP contribution in [0.2, 0.25) is 4.34 Å². The van der Waals surface area contributed by atoms with E-state index in [9.17, 15) is 13.2 Å². The van der Waals surface area contributed by atoms with Crippen molar-refractivity contribution >= 4 is 38.9 Å². The number of hydrogen-bond acceptors (Lipinski definition) is 5. The van der Waals surface area contributed by atoms with Gasteiger partial charge in [0.2, 0.25) is 10.0 Å². The van der Waals surface area contributed by atoms with E-state index in [0.29, 0.717) is 28.8 Å². The number of rotatable bonds is 5. The van der Waals surface area contributed by atoms with Gasteiger partial charge in [0.05, 0.1) is 15.5 Å². The van der Waals surface area contributed by atoms with Gasteiger partial charge in [0.15, 0.2) is 0 Å². The Kier molecular flexibility index (Phi) is 5.26. The molecule has 0 aromatic carbocycles. The molecule has 1 aromatic heterocycles. The number of nitrogens with one attached hydrogen (secondary N) is 2. The molecule has 9 heteroatoms. The minimum absolute atomic E-state index is 0.0455. The smallest absolute Gasteiger partial charge is 0.261 e. The number of amides is 1. The van der Waals surface area contributed by atoms with Crippen molar-refractivity contribution in [2.45, 2.75) is 6.04 Å². The molecule has 1 fully saturated rings. The standard InChI is InChI=1S/C12H18ClN3O3S2/c1-16(21(2,18)19)9-7-14-5-8(9)6-15-12(17)10-3-4-11(13)20-10/h3-4,8-9,14H,5-7H2,1-2H3,(H,15,17)/t8-,9?/m1/s1. The van der Waals surface area contributed by atoms with E-state index in [1.165, 1.54) is 21.9 Å². The minimum Gasteiger partial charge on any atom is -0.351 e. The van der Waals surface area contributed by atoms with Crippen molar-refractivity contribution in [1.29, 1.82) is 0 Å². The van der Waals surface area contributed by atoms with Gasteiger partial charge in [0.25, 0.3) is 5.91 Å². The third-order valence-corrected chi connectivity index (χ3v) is 6.16. The number of sulfonamides is 1. The third-order valence-electron chi connectivity index (χ3n) is 3.62. The van der Waals surface area contributed by atoms with Crippen LogP contribution in [-0.4, -0.2) is 57.6 Å². The van der Waals surface area contributed by atoms with Gasteiger partial charge < -0.3 is 10.6 Å². The molecular weight excluding hydrogens is 334 g/mol. The Labute approximate surface area is 133 Å². The summed E-state index contributed by atoms with van der Waals surface area (Å²) >= 11 is 7.02. The lowest BCUT2D eigenvalue weighted by Crippen LogP contribution is -2.45. The predicted octanol–water partition coefficient (Wildman–Crippen LogP) is 0.611. The maximum atomic E-state index is 12.0. The van der Waals surface area contributed by atoms with E-state index in [-0.39, 0.29) is 17.9 Å². The van der Waals surface area contributed by atoms with Crippen LogP contribution in [0.15, 0.2) is 12.1 Å². The van der Waals surface area contributed by atoms with Crippen molar-refractivity contribution in [2.24, 2.45) is 5.92 Å². The fraction of sp³-hybridized carbons (Fsp3) is 0.583. The average molecular weight is 352 g/mol. The molecule has 1 aliphatic rings. The first-order chi connectivity index (χ1) is 9.79. The molecule has 0 aliphatic carbocycles. The number of thiophene rings is 1. The maximum absolute atomic E-state index is 12.0. The molecule has 0 saturated carbocycles. The Morgan fingerprint density at radius 1 is 1.52 bits per heavy atom. The van der Waals surface area contributed by atoms with Crippen molar-refractivity contribution < 1.29 is 13.2 Å². The van der Waals surface area contributed by atoms with Crippen LogP contribution in [0, 0.1) is 5.92 Å². The maximum Gasteiger partial charge on any atom is 0.261 e. The largest absolute Gasteiger partial charge is 0.351 e. The lowest BCUT2D eigenvalue weighted by atomic mass is 10.0. The van der Waals surface area contributed by atoms with Crippen LogP contribution >= 0.6 is 22.9 Å². The number of hydrogen-bond donors (Lipinski definition) is 2. The molecule has 0 bridgehead atoms.